The van der Waals surface area contributed by atoms with Crippen LogP contribution in [-0.4, -0.2) is 27.5 Å². The summed E-state index contributed by atoms with van der Waals surface area (Å²) in [5, 5.41) is 4.64. The van der Waals surface area contributed by atoms with Crippen LogP contribution in [0.15, 0.2) is 64.9 Å². The van der Waals surface area contributed by atoms with E-state index >= 15 is 0 Å². The number of hydrogen-bond acceptors (Lipinski definition) is 6. The van der Waals surface area contributed by atoms with Crippen molar-refractivity contribution >= 4 is 38.6 Å². The molecule has 0 saturated heterocycles. The van der Waals surface area contributed by atoms with Gasteiger partial charge in [-0.1, -0.05) is 13.0 Å². The van der Waals surface area contributed by atoms with Gasteiger partial charge in [0.1, 0.15) is 13.2 Å². The zero-order valence-corrected chi connectivity index (χ0v) is 18.5. The van der Waals surface area contributed by atoms with Crippen molar-refractivity contribution in [3.63, 3.8) is 0 Å². The Balaban J connectivity index is 1.69. The highest BCUT2D eigenvalue weighted by Crippen LogP contribution is 2.36. The highest BCUT2D eigenvalue weighted by atomic mass is 32.2. The van der Waals surface area contributed by atoms with E-state index in [1.54, 1.807) is 37.3 Å². The molecule has 31 heavy (non-hydrogen) atoms. The first-order valence-corrected chi connectivity index (χ1v) is 12.1. The molecule has 4 rings (SSSR count). The number of fused-ring (bicyclic) bond motifs is 1. The molecule has 9 heteroatoms. The maximum absolute atomic E-state index is 13.6. The van der Waals surface area contributed by atoms with E-state index in [4.69, 9.17) is 9.47 Å². The summed E-state index contributed by atoms with van der Waals surface area (Å²) < 4.78 is 39.7. The number of hydrogen-bond donors (Lipinski definition) is 1. The van der Waals surface area contributed by atoms with E-state index in [-0.39, 0.29) is 17.3 Å². The Kier molecular flexibility index (Phi) is 6.15. The molecular weight excluding hydrogens is 436 g/mol. The normalized spacial score (nSPS) is 12.9. The molecule has 0 spiro atoms. The van der Waals surface area contributed by atoms with Gasteiger partial charge in [0.2, 0.25) is 5.91 Å². The van der Waals surface area contributed by atoms with E-state index in [9.17, 15) is 13.2 Å². The standard InChI is InChI=1S/C22H22N2O5S2/c1-2-22(25)23-16-5-8-19(9-6-16)31(26,27)24(15-18-4-3-13-30-18)17-7-10-20-21(14-17)29-12-11-28-20/h3-10,13-14H,2,11-12,15H2,1H3,(H,23,25). The van der Waals surface area contributed by atoms with Gasteiger partial charge >= 0.3 is 0 Å². The first-order chi connectivity index (χ1) is 15.0. The number of carbonyl (C=O) groups excluding carboxylic acids is 1. The third-order valence-corrected chi connectivity index (χ3v) is 7.39. The fourth-order valence-electron chi connectivity index (χ4n) is 3.13. The van der Waals surface area contributed by atoms with Gasteiger partial charge in [0.15, 0.2) is 11.5 Å². The lowest BCUT2D eigenvalue weighted by molar-refractivity contribution is -0.115. The number of rotatable bonds is 7. The molecule has 162 valence electrons. The second-order valence-electron chi connectivity index (χ2n) is 6.85. The van der Waals surface area contributed by atoms with Crippen LogP contribution in [0.25, 0.3) is 0 Å². The van der Waals surface area contributed by atoms with Gasteiger partial charge in [-0.3, -0.25) is 9.10 Å². The van der Waals surface area contributed by atoms with Crippen molar-refractivity contribution in [3.8, 4) is 11.5 Å². The fraction of sp³-hybridized carbons (Fsp3) is 0.227. The third-order valence-electron chi connectivity index (χ3n) is 4.74. The maximum Gasteiger partial charge on any atom is 0.264 e. The predicted octanol–water partition coefficient (Wildman–Crippen LogP) is 4.26. The zero-order valence-electron chi connectivity index (χ0n) is 16.9. The Morgan fingerprint density at radius 2 is 1.81 bits per heavy atom. The van der Waals surface area contributed by atoms with Crippen molar-refractivity contribution in [1.29, 1.82) is 0 Å². The molecule has 7 nitrogen and oxygen atoms in total. The summed E-state index contributed by atoms with van der Waals surface area (Å²) >= 11 is 1.49. The van der Waals surface area contributed by atoms with Crippen LogP contribution < -0.4 is 19.1 Å². The molecule has 0 radical (unpaired) electrons. The van der Waals surface area contributed by atoms with Crippen molar-refractivity contribution in [2.75, 3.05) is 22.8 Å². The Bertz CT molecular complexity index is 1160. The van der Waals surface area contributed by atoms with E-state index in [2.05, 4.69) is 5.32 Å². The highest BCUT2D eigenvalue weighted by molar-refractivity contribution is 7.92. The number of thiophene rings is 1. The lowest BCUT2D eigenvalue weighted by atomic mass is 10.2. The summed E-state index contributed by atoms with van der Waals surface area (Å²) in [4.78, 5) is 12.6. The number of nitrogens with zero attached hydrogens (tertiary/aromatic N) is 1. The molecule has 1 amide bonds. The molecule has 0 atom stereocenters. The summed E-state index contributed by atoms with van der Waals surface area (Å²) in [7, 11) is -3.88. The molecule has 0 unspecified atom stereocenters. The first-order valence-electron chi connectivity index (χ1n) is 9.82. The molecule has 1 N–H and O–H groups in total. The monoisotopic (exact) mass is 458 g/mol. The zero-order chi connectivity index (χ0) is 21.8. The number of anilines is 2. The van der Waals surface area contributed by atoms with Gasteiger partial charge in [-0.2, -0.15) is 0 Å². The van der Waals surface area contributed by atoms with Crippen molar-refractivity contribution in [1.82, 2.24) is 0 Å². The minimum Gasteiger partial charge on any atom is -0.486 e. The summed E-state index contributed by atoms with van der Waals surface area (Å²) in [5.74, 6) is 0.985. The van der Waals surface area contributed by atoms with Crippen LogP contribution in [0.4, 0.5) is 11.4 Å². The molecular formula is C22H22N2O5S2. The second kappa shape index (κ2) is 8.99. The van der Waals surface area contributed by atoms with Crippen LogP contribution in [0.3, 0.4) is 0 Å². The summed E-state index contributed by atoms with van der Waals surface area (Å²) in [6, 6.07) is 15.1. The second-order valence-corrected chi connectivity index (χ2v) is 9.74. The van der Waals surface area contributed by atoms with Gasteiger partial charge in [-0.05, 0) is 47.8 Å². The summed E-state index contributed by atoms with van der Waals surface area (Å²) in [6.45, 7) is 2.82. The average Bonchev–Trinajstić information content (AvgIpc) is 3.31. The molecule has 0 saturated carbocycles. The van der Waals surface area contributed by atoms with Gasteiger partial charge in [0.05, 0.1) is 17.1 Å². The topological polar surface area (TPSA) is 84.9 Å². The van der Waals surface area contributed by atoms with Gasteiger partial charge < -0.3 is 14.8 Å². The molecule has 2 heterocycles. The Morgan fingerprint density at radius 1 is 1.06 bits per heavy atom. The average molecular weight is 459 g/mol. The molecule has 1 aromatic heterocycles. The number of ether oxygens (including phenoxy) is 2. The first kappa shape index (κ1) is 21.2. The quantitative estimate of drug-likeness (QED) is 0.572. The van der Waals surface area contributed by atoms with Gasteiger partial charge in [-0.15, -0.1) is 11.3 Å². The fourth-order valence-corrected chi connectivity index (χ4v) is 5.34. The number of amides is 1. The Hall–Kier alpha value is -3.04. The number of benzene rings is 2. The number of sulfonamides is 1. The van der Waals surface area contributed by atoms with Crippen molar-refractivity contribution in [2.45, 2.75) is 24.8 Å². The number of nitrogens with one attached hydrogen (secondary N) is 1. The lowest BCUT2D eigenvalue weighted by Crippen LogP contribution is -2.30. The molecule has 3 aromatic rings. The van der Waals surface area contributed by atoms with Crippen LogP contribution in [0, 0.1) is 0 Å². The van der Waals surface area contributed by atoms with Crippen molar-refractivity contribution in [2.24, 2.45) is 0 Å². The van der Waals surface area contributed by atoms with E-state index in [1.807, 2.05) is 17.5 Å². The van der Waals surface area contributed by atoms with Crippen LogP contribution in [0.5, 0.6) is 11.5 Å². The summed E-state index contributed by atoms with van der Waals surface area (Å²) in [5.41, 5.74) is 1.04. The van der Waals surface area contributed by atoms with Gasteiger partial charge in [-0.25, -0.2) is 8.42 Å². The molecule has 0 fully saturated rings. The third kappa shape index (κ3) is 4.67. The SMILES string of the molecule is CCC(=O)Nc1ccc(S(=O)(=O)N(Cc2cccs2)c2ccc3c(c2)OCCO3)cc1. The predicted molar refractivity (Wildman–Crippen MR) is 120 cm³/mol. The Morgan fingerprint density at radius 3 is 2.48 bits per heavy atom. The van der Waals surface area contributed by atoms with Crippen molar-refractivity contribution in [3.05, 3.63) is 64.9 Å². The minimum absolute atomic E-state index is 0.133. The van der Waals surface area contributed by atoms with E-state index in [1.165, 1.54) is 27.8 Å². The minimum atomic E-state index is -3.88. The van der Waals surface area contributed by atoms with E-state index in [0.29, 0.717) is 42.5 Å². The molecule has 0 aliphatic carbocycles. The van der Waals surface area contributed by atoms with Crippen LogP contribution in [0.1, 0.15) is 18.2 Å². The largest absolute Gasteiger partial charge is 0.486 e. The van der Waals surface area contributed by atoms with E-state index in [0.717, 1.165) is 4.88 Å². The number of carbonyl (C=O) groups is 1. The van der Waals surface area contributed by atoms with E-state index < -0.39 is 10.0 Å². The molecule has 0 bridgehead atoms. The van der Waals surface area contributed by atoms with Crippen LogP contribution >= 0.6 is 11.3 Å². The van der Waals surface area contributed by atoms with Crippen molar-refractivity contribution < 1.29 is 22.7 Å². The Labute approximate surface area is 185 Å². The summed E-state index contributed by atoms with van der Waals surface area (Å²) in [6.07, 6.45) is 0.346. The van der Waals surface area contributed by atoms with Crippen LogP contribution in [-0.2, 0) is 21.4 Å². The van der Waals surface area contributed by atoms with Gasteiger partial charge in [0, 0.05) is 23.1 Å². The smallest absolute Gasteiger partial charge is 0.264 e. The van der Waals surface area contributed by atoms with Gasteiger partial charge in [0.25, 0.3) is 10.0 Å². The lowest BCUT2D eigenvalue weighted by Gasteiger charge is -2.26. The molecule has 1 aliphatic heterocycles. The molecule has 2 aromatic carbocycles. The van der Waals surface area contributed by atoms with Crippen LogP contribution in [0.2, 0.25) is 0 Å². The highest BCUT2D eigenvalue weighted by Gasteiger charge is 2.27. The maximum atomic E-state index is 13.6. The molecule has 1 aliphatic rings.